The first kappa shape index (κ1) is 15.7. The number of carbonyl (C=O) groups excluding carboxylic acids is 2. The predicted octanol–water partition coefficient (Wildman–Crippen LogP) is 1.51. The van der Waals surface area contributed by atoms with Crippen LogP contribution >= 0.6 is 0 Å². The first-order valence-electron chi connectivity index (χ1n) is 7.39. The normalized spacial score (nSPS) is 11.8. The molecule has 0 saturated heterocycles. The number of ether oxygens (including phenoxy) is 2. The van der Waals surface area contributed by atoms with Crippen molar-refractivity contribution >= 4 is 11.8 Å². The van der Waals surface area contributed by atoms with Gasteiger partial charge < -0.3 is 14.6 Å². The lowest BCUT2D eigenvalue weighted by atomic mass is 10.1. The Balaban J connectivity index is 1.49. The van der Waals surface area contributed by atoms with E-state index in [1.54, 1.807) is 42.5 Å². The number of aromatic hydroxyl groups is 1. The van der Waals surface area contributed by atoms with E-state index < -0.39 is 5.91 Å². The number of hydrazine groups is 1. The van der Waals surface area contributed by atoms with Gasteiger partial charge in [-0.25, -0.2) is 0 Å². The molecule has 2 aromatic rings. The minimum absolute atomic E-state index is 0.128. The number of rotatable bonds is 4. The van der Waals surface area contributed by atoms with Crippen LogP contribution in [-0.4, -0.2) is 23.7 Å². The highest BCUT2D eigenvalue weighted by atomic mass is 16.7. The van der Waals surface area contributed by atoms with Crippen molar-refractivity contribution in [1.82, 2.24) is 10.9 Å². The number of nitrogens with one attached hydrogen (secondary N) is 2. The average molecular weight is 328 g/mol. The van der Waals surface area contributed by atoms with Gasteiger partial charge in [-0.1, -0.05) is 18.2 Å². The second-order valence-electron chi connectivity index (χ2n) is 5.20. The van der Waals surface area contributed by atoms with E-state index in [0.29, 0.717) is 29.0 Å². The second kappa shape index (κ2) is 6.91. The molecule has 0 aliphatic carbocycles. The van der Waals surface area contributed by atoms with Crippen LogP contribution in [0.4, 0.5) is 0 Å². The van der Waals surface area contributed by atoms with Gasteiger partial charge in [0.25, 0.3) is 5.91 Å². The summed E-state index contributed by atoms with van der Waals surface area (Å²) in [5.41, 5.74) is 5.71. The zero-order valence-electron chi connectivity index (χ0n) is 12.7. The van der Waals surface area contributed by atoms with Crippen LogP contribution in [0.3, 0.4) is 0 Å². The van der Waals surface area contributed by atoms with Gasteiger partial charge in [-0.05, 0) is 36.2 Å². The Bertz CT molecular complexity index is 775. The molecule has 0 saturated carbocycles. The van der Waals surface area contributed by atoms with Gasteiger partial charge in [0.05, 0.1) is 0 Å². The van der Waals surface area contributed by atoms with Gasteiger partial charge in [-0.15, -0.1) is 0 Å². The van der Waals surface area contributed by atoms with Crippen LogP contribution in [0.25, 0.3) is 0 Å². The van der Waals surface area contributed by atoms with Crippen molar-refractivity contribution < 1.29 is 24.2 Å². The Morgan fingerprint density at radius 3 is 2.67 bits per heavy atom. The van der Waals surface area contributed by atoms with Crippen LogP contribution in [0.1, 0.15) is 22.3 Å². The van der Waals surface area contributed by atoms with E-state index in [1.807, 2.05) is 0 Å². The number of aryl methyl sites for hydroxylation is 1. The van der Waals surface area contributed by atoms with Crippen LogP contribution < -0.4 is 20.3 Å². The molecule has 2 aromatic carbocycles. The van der Waals surface area contributed by atoms with E-state index in [4.69, 9.17) is 9.47 Å². The molecule has 7 nitrogen and oxygen atoms in total. The summed E-state index contributed by atoms with van der Waals surface area (Å²) in [4.78, 5) is 23.8. The average Bonchev–Trinajstić information content (AvgIpc) is 3.06. The quantitative estimate of drug-likeness (QED) is 0.739. The van der Waals surface area contributed by atoms with Crippen LogP contribution in [0.15, 0.2) is 42.5 Å². The topological polar surface area (TPSA) is 96.9 Å². The highest BCUT2D eigenvalue weighted by molar-refractivity contribution is 5.96. The summed E-state index contributed by atoms with van der Waals surface area (Å²) in [5.74, 6) is 0.415. The summed E-state index contributed by atoms with van der Waals surface area (Å²) in [6, 6.07) is 11.6. The Morgan fingerprint density at radius 2 is 1.83 bits per heavy atom. The third kappa shape index (κ3) is 3.57. The Labute approximate surface area is 138 Å². The molecule has 3 N–H and O–H groups in total. The number of hydrogen-bond acceptors (Lipinski definition) is 5. The van der Waals surface area contributed by atoms with Crippen molar-refractivity contribution in [3.05, 3.63) is 53.6 Å². The van der Waals surface area contributed by atoms with Crippen LogP contribution in [-0.2, 0) is 11.2 Å². The van der Waals surface area contributed by atoms with Crippen molar-refractivity contribution in [2.45, 2.75) is 12.8 Å². The van der Waals surface area contributed by atoms with E-state index in [1.165, 1.54) is 0 Å². The van der Waals surface area contributed by atoms with Crippen molar-refractivity contribution in [2.75, 3.05) is 6.79 Å². The predicted molar refractivity (Wildman–Crippen MR) is 84.6 cm³/mol. The molecular weight excluding hydrogens is 312 g/mol. The van der Waals surface area contributed by atoms with Gasteiger partial charge in [0.15, 0.2) is 11.5 Å². The van der Waals surface area contributed by atoms with Gasteiger partial charge in [-0.2, -0.15) is 0 Å². The number of amides is 2. The maximum atomic E-state index is 12.0. The largest absolute Gasteiger partial charge is 0.508 e. The zero-order valence-corrected chi connectivity index (χ0v) is 12.7. The van der Waals surface area contributed by atoms with Gasteiger partial charge in [0.1, 0.15) is 5.75 Å². The van der Waals surface area contributed by atoms with Gasteiger partial charge in [0, 0.05) is 12.0 Å². The summed E-state index contributed by atoms with van der Waals surface area (Å²) >= 11 is 0. The lowest BCUT2D eigenvalue weighted by Gasteiger charge is -2.08. The summed E-state index contributed by atoms with van der Waals surface area (Å²) < 4.78 is 10.4. The molecule has 7 heteroatoms. The van der Waals surface area contributed by atoms with Gasteiger partial charge in [-0.3, -0.25) is 20.4 Å². The maximum Gasteiger partial charge on any atom is 0.269 e. The molecule has 1 heterocycles. The van der Waals surface area contributed by atoms with Crippen molar-refractivity contribution in [2.24, 2.45) is 0 Å². The molecule has 1 aliphatic rings. The summed E-state index contributed by atoms with van der Waals surface area (Å²) in [5, 5.41) is 9.64. The minimum Gasteiger partial charge on any atom is -0.508 e. The molecule has 3 rings (SSSR count). The lowest BCUT2D eigenvalue weighted by molar-refractivity contribution is -0.121. The molecule has 0 fully saturated rings. The smallest absolute Gasteiger partial charge is 0.269 e. The first-order valence-corrected chi connectivity index (χ1v) is 7.39. The molecule has 24 heavy (non-hydrogen) atoms. The number of fused-ring (bicyclic) bond motifs is 1. The second-order valence-corrected chi connectivity index (χ2v) is 5.20. The molecule has 1 aliphatic heterocycles. The fourth-order valence-electron chi connectivity index (χ4n) is 2.27. The summed E-state index contributed by atoms with van der Waals surface area (Å²) in [7, 11) is 0. The first-order chi connectivity index (χ1) is 11.6. The van der Waals surface area contributed by atoms with E-state index in [0.717, 1.165) is 0 Å². The standard InChI is InChI=1S/C17H16N2O5/c20-13-4-2-1-3-11(13)6-8-16(21)18-19-17(22)12-5-7-14-15(9-12)24-10-23-14/h1-5,7,9,20H,6,8,10H2,(H,18,21)(H,19,22). The number of para-hydroxylation sites is 1. The van der Waals surface area contributed by atoms with E-state index in [9.17, 15) is 14.7 Å². The third-order valence-electron chi connectivity index (χ3n) is 3.56. The fourth-order valence-corrected chi connectivity index (χ4v) is 2.27. The monoisotopic (exact) mass is 328 g/mol. The van der Waals surface area contributed by atoms with Crippen molar-refractivity contribution in [3.63, 3.8) is 0 Å². The molecule has 0 radical (unpaired) electrons. The lowest BCUT2D eigenvalue weighted by Crippen LogP contribution is -2.41. The Hall–Kier alpha value is -3.22. The highest BCUT2D eigenvalue weighted by Gasteiger charge is 2.16. The van der Waals surface area contributed by atoms with Crippen LogP contribution in [0, 0.1) is 0 Å². The maximum absolute atomic E-state index is 12.0. The molecule has 0 atom stereocenters. The van der Waals surface area contributed by atoms with Crippen LogP contribution in [0.2, 0.25) is 0 Å². The Kier molecular flexibility index (Phi) is 4.51. The number of benzene rings is 2. The molecular formula is C17H16N2O5. The van der Waals surface area contributed by atoms with Crippen molar-refractivity contribution in [1.29, 1.82) is 0 Å². The van der Waals surface area contributed by atoms with Crippen molar-refractivity contribution in [3.8, 4) is 17.2 Å². The fraction of sp³-hybridized carbons (Fsp3) is 0.176. The van der Waals surface area contributed by atoms with E-state index in [2.05, 4.69) is 10.9 Å². The Morgan fingerprint density at radius 1 is 1.04 bits per heavy atom. The van der Waals surface area contributed by atoms with Gasteiger partial charge in [0.2, 0.25) is 12.7 Å². The van der Waals surface area contributed by atoms with Crippen LogP contribution in [0.5, 0.6) is 17.2 Å². The molecule has 124 valence electrons. The number of phenols is 1. The SMILES string of the molecule is O=C(CCc1ccccc1O)NNC(=O)c1ccc2c(c1)OCO2. The molecule has 0 unspecified atom stereocenters. The van der Waals surface area contributed by atoms with E-state index >= 15 is 0 Å². The number of carbonyl (C=O) groups is 2. The van der Waals surface area contributed by atoms with E-state index in [-0.39, 0.29) is 24.9 Å². The zero-order chi connectivity index (χ0) is 16.9. The molecule has 0 bridgehead atoms. The summed E-state index contributed by atoms with van der Waals surface area (Å²) in [6.45, 7) is 0.128. The third-order valence-corrected chi connectivity index (χ3v) is 3.56. The number of hydrogen-bond donors (Lipinski definition) is 3. The molecule has 0 spiro atoms. The molecule has 0 aromatic heterocycles. The molecule has 2 amide bonds. The minimum atomic E-state index is -0.454. The van der Waals surface area contributed by atoms with Gasteiger partial charge >= 0.3 is 0 Å². The highest BCUT2D eigenvalue weighted by Crippen LogP contribution is 2.32. The summed E-state index contributed by atoms with van der Waals surface area (Å²) in [6.07, 6.45) is 0.511. The number of phenolic OH excluding ortho intramolecular Hbond substituents is 1.